The SMILES string of the molecule is O=C(O)CCCCNC(=O)c1cncc(F)c1. The summed E-state index contributed by atoms with van der Waals surface area (Å²) in [5.74, 6) is -1.83. The van der Waals surface area contributed by atoms with E-state index in [-0.39, 0.29) is 12.0 Å². The monoisotopic (exact) mass is 240 g/mol. The van der Waals surface area contributed by atoms with Crippen LogP contribution in [0.25, 0.3) is 0 Å². The summed E-state index contributed by atoms with van der Waals surface area (Å²) in [5, 5.41) is 11.0. The van der Waals surface area contributed by atoms with E-state index < -0.39 is 17.7 Å². The van der Waals surface area contributed by atoms with Crippen LogP contribution in [0.15, 0.2) is 18.5 Å². The van der Waals surface area contributed by atoms with Gasteiger partial charge in [0, 0.05) is 19.2 Å². The topological polar surface area (TPSA) is 79.3 Å². The molecule has 5 nitrogen and oxygen atoms in total. The van der Waals surface area contributed by atoms with Crippen LogP contribution in [0.5, 0.6) is 0 Å². The van der Waals surface area contributed by atoms with Crippen molar-refractivity contribution in [3.63, 3.8) is 0 Å². The molecule has 0 aliphatic rings. The first-order chi connectivity index (χ1) is 8.09. The van der Waals surface area contributed by atoms with E-state index in [4.69, 9.17) is 5.11 Å². The van der Waals surface area contributed by atoms with Crippen LogP contribution in [0, 0.1) is 5.82 Å². The molecule has 0 unspecified atom stereocenters. The Kier molecular flexibility index (Phi) is 5.06. The number of unbranched alkanes of at least 4 members (excludes halogenated alkanes) is 1. The van der Waals surface area contributed by atoms with Crippen molar-refractivity contribution >= 4 is 11.9 Å². The first-order valence-electron chi connectivity index (χ1n) is 5.20. The quantitative estimate of drug-likeness (QED) is 0.732. The molecule has 0 bridgehead atoms. The first kappa shape index (κ1) is 13.1. The highest BCUT2D eigenvalue weighted by atomic mass is 19.1. The largest absolute Gasteiger partial charge is 0.481 e. The number of carboxylic acid groups (broad SMARTS) is 1. The predicted octanol–water partition coefficient (Wildman–Crippen LogP) is 1.21. The zero-order valence-corrected chi connectivity index (χ0v) is 9.15. The van der Waals surface area contributed by atoms with Crippen molar-refractivity contribution in [1.82, 2.24) is 10.3 Å². The minimum absolute atomic E-state index is 0.0807. The third kappa shape index (κ3) is 5.05. The lowest BCUT2D eigenvalue weighted by Crippen LogP contribution is -2.24. The highest BCUT2D eigenvalue weighted by Crippen LogP contribution is 2.01. The number of halogens is 1. The summed E-state index contributed by atoms with van der Waals surface area (Å²) in [5.41, 5.74) is 0.156. The second kappa shape index (κ2) is 6.57. The summed E-state index contributed by atoms with van der Waals surface area (Å²) in [7, 11) is 0. The first-order valence-corrected chi connectivity index (χ1v) is 5.20. The zero-order valence-electron chi connectivity index (χ0n) is 9.15. The molecule has 1 aromatic rings. The molecule has 1 aromatic heterocycles. The molecule has 92 valence electrons. The van der Waals surface area contributed by atoms with Crippen LogP contribution >= 0.6 is 0 Å². The van der Waals surface area contributed by atoms with Crippen LogP contribution in [0.1, 0.15) is 29.6 Å². The number of rotatable bonds is 6. The number of aliphatic carboxylic acids is 1. The molecule has 0 aromatic carbocycles. The normalized spacial score (nSPS) is 9.94. The van der Waals surface area contributed by atoms with Crippen LogP contribution in [0.2, 0.25) is 0 Å². The van der Waals surface area contributed by atoms with Crippen molar-refractivity contribution in [3.8, 4) is 0 Å². The van der Waals surface area contributed by atoms with Gasteiger partial charge in [-0.05, 0) is 18.9 Å². The Morgan fingerprint density at radius 2 is 2.12 bits per heavy atom. The number of carboxylic acids is 1. The molecule has 6 heteroatoms. The van der Waals surface area contributed by atoms with Gasteiger partial charge in [0.25, 0.3) is 5.91 Å². The Bertz CT molecular complexity index is 409. The minimum atomic E-state index is -0.856. The molecule has 2 N–H and O–H groups in total. The minimum Gasteiger partial charge on any atom is -0.481 e. The lowest BCUT2D eigenvalue weighted by atomic mass is 10.2. The van der Waals surface area contributed by atoms with Gasteiger partial charge < -0.3 is 10.4 Å². The zero-order chi connectivity index (χ0) is 12.7. The molecular weight excluding hydrogens is 227 g/mol. The van der Waals surface area contributed by atoms with E-state index in [1.54, 1.807) is 0 Å². The van der Waals surface area contributed by atoms with Gasteiger partial charge in [-0.25, -0.2) is 4.39 Å². The summed E-state index contributed by atoms with van der Waals surface area (Å²) in [6.45, 7) is 0.364. The van der Waals surface area contributed by atoms with Crippen molar-refractivity contribution in [2.45, 2.75) is 19.3 Å². The number of pyridine rings is 1. The summed E-state index contributed by atoms with van der Waals surface area (Å²) in [6.07, 6.45) is 3.44. The van der Waals surface area contributed by atoms with E-state index in [0.717, 1.165) is 12.3 Å². The molecule has 0 aliphatic heterocycles. The van der Waals surface area contributed by atoms with Gasteiger partial charge in [-0.15, -0.1) is 0 Å². The van der Waals surface area contributed by atoms with Crippen molar-refractivity contribution in [3.05, 3.63) is 29.8 Å². The molecule has 17 heavy (non-hydrogen) atoms. The van der Waals surface area contributed by atoms with Gasteiger partial charge in [-0.3, -0.25) is 14.6 Å². The van der Waals surface area contributed by atoms with E-state index in [9.17, 15) is 14.0 Å². The fraction of sp³-hybridized carbons (Fsp3) is 0.364. The Balaban J connectivity index is 2.28. The summed E-state index contributed by atoms with van der Waals surface area (Å²) in [4.78, 5) is 25.2. The van der Waals surface area contributed by atoms with Gasteiger partial charge in [0.2, 0.25) is 0 Å². The van der Waals surface area contributed by atoms with Crippen LogP contribution in [0.3, 0.4) is 0 Å². The number of hydrogen-bond acceptors (Lipinski definition) is 3. The molecular formula is C11H13FN2O3. The standard InChI is InChI=1S/C11H13FN2O3/c12-9-5-8(6-13-7-9)11(17)14-4-2-1-3-10(15)16/h5-7H,1-4H2,(H,14,17)(H,15,16). The highest BCUT2D eigenvalue weighted by molar-refractivity contribution is 5.93. The highest BCUT2D eigenvalue weighted by Gasteiger charge is 2.06. The Morgan fingerprint density at radius 3 is 2.76 bits per heavy atom. The Morgan fingerprint density at radius 1 is 1.35 bits per heavy atom. The average molecular weight is 240 g/mol. The van der Waals surface area contributed by atoms with Gasteiger partial charge in [0.1, 0.15) is 5.82 Å². The third-order valence-electron chi connectivity index (χ3n) is 2.07. The predicted molar refractivity (Wildman–Crippen MR) is 58.0 cm³/mol. The smallest absolute Gasteiger partial charge is 0.303 e. The van der Waals surface area contributed by atoms with Gasteiger partial charge in [0.15, 0.2) is 0 Å². The van der Waals surface area contributed by atoms with Crippen LogP contribution in [-0.4, -0.2) is 28.5 Å². The maximum atomic E-state index is 12.8. The van der Waals surface area contributed by atoms with Crippen LogP contribution in [0.4, 0.5) is 4.39 Å². The number of nitrogens with zero attached hydrogens (tertiary/aromatic N) is 1. The number of amides is 1. The maximum absolute atomic E-state index is 12.8. The van der Waals surface area contributed by atoms with E-state index in [0.29, 0.717) is 19.4 Å². The van der Waals surface area contributed by atoms with Gasteiger partial charge in [-0.2, -0.15) is 0 Å². The number of aromatic nitrogens is 1. The average Bonchev–Trinajstić information content (AvgIpc) is 2.28. The molecule has 0 fully saturated rings. The number of nitrogens with one attached hydrogen (secondary N) is 1. The van der Waals surface area contributed by atoms with E-state index >= 15 is 0 Å². The number of carbonyl (C=O) groups excluding carboxylic acids is 1. The van der Waals surface area contributed by atoms with Crippen molar-refractivity contribution < 1.29 is 19.1 Å². The lowest BCUT2D eigenvalue weighted by molar-refractivity contribution is -0.137. The van der Waals surface area contributed by atoms with Crippen LogP contribution in [-0.2, 0) is 4.79 Å². The summed E-state index contributed by atoms with van der Waals surface area (Å²) < 4.78 is 12.8. The van der Waals surface area contributed by atoms with Gasteiger partial charge in [0.05, 0.1) is 11.8 Å². The second-order valence-electron chi connectivity index (χ2n) is 3.50. The molecule has 0 saturated heterocycles. The lowest BCUT2D eigenvalue weighted by Gasteiger charge is -2.04. The molecule has 0 saturated carbocycles. The molecule has 1 heterocycles. The van der Waals surface area contributed by atoms with Gasteiger partial charge in [-0.1, -0.05) is 0 Å². The fourth-order valence-electron chi connectivity index (χ4n) is 1.24. The molecule has 0 atom stereocenters. The van der Waals surface area contributed by atoms with E-state index in [1.807, 2.05) is 0 Å². The van der Waals surface area contributed by atoms with Crippen molar-refractivity contribution in [2.75, 3.05) is 6.54 Å². The van der Waals surface area contributed by atoms with Crippen LogP contribution < -0.4 is 5.32 Å². The van der Waals surface area contributed by atoms with Crippen molar-refractivity contribution in [1.29, 1.82) is 0 Å². The summed E-state index contributed by atoms with van der Waals surface area (Å²) >= 11 is 0. The summed E-state index contributed by atoms with van der Waals surface area (Å²) in [6, 6.07) is 1.10. The molecule has 0 spiro atoms. The molecule has 1 rings (SSSR count). The van der Waals surface area contributed by atoms with Gasteiger partial charge >= 0.3 is 5.97 Å². The number of carbonyl (C=O) groups is 2. The van der Waals surface area contributed by atoms with Crippen molar-refractivity contribution in [2.24, 2.45) is 0 Å². The Hall–Kier alpha value is -1.98. The maximum Gasteiger partial charge on any atom is 0.303 e. The second-order valence-corrected chi connectivity index (χ2v) is 3.50. The van der Waals surface area contributed by atoms with E-state index in [1.165, 1.54) is 6.20 Å². The Labute approximate surface area is 97.7 Å². The molecule has 1 amide bonds. The fourth-order valence-corrected chi connectivity index (χ4v) is 1.24. The molecule has 0 aliphatic carbocycles. The molecule has 0 radical (unpaired) electrons. The number of hydrogen-bond donors (Lipinski definition) is 2. The third-order valence-corrected chi connectivity index (χ3v) is 2.07. The van der Waals surface area contributed by atoms with E-state index in [2.05, 4.69) is 10.3 Å².